The average Bonchev–Trinajstić information content (AvgIpc) is 2.53. The summed E-state index contributed by atoms with van der Waals surface area (Å²) in [5, 5.41) is -0.688. The Morgan fingerprint density at radius 2 is 1.82 bits per heavy atom. The zero-order valence-corrected chi connectivity index (χ0v) is 12.8. The standard InChI is InChI=1S/C16H16N2O3S/c1-21-16(20)10-7-8-13(17)12(9-10)14(15(18)19)22-11-5-3-2-4-6-11/h2-9,14H,17H2,1H3,(H2,18,19). The molecule has 0 aromatic heterocycles. The van der Waals surface area contributed by atoms with E-state index in [-0.39, 0.29) is 0 Å². The lowest BCUT2D eigenvalue weighted by Crippen LogP contribution is -2.20. The molecule has 114 valence electrons. The maximum atomic E-state index is 11.8. The van der Waals surface area contributed by atoms with Crippen LogP contribution in [-0.4, -0.2) is 19.0 Å². The Labute approximate surface area is 132 Å². The molecule has 0 saturated carbocycles. The number of carbonyl (C=O) groups is 2. The van der Waals surface area contributed by atoms with Crippen LogP contribution < -0.4 is 11.5 Å². The van der Waals surface area contributed by atoms with E-state index >= 15 is 0 Å². The molecular weight excluding hydrogens is 300 g/mol. The number of nitrogen functional groups attached to an aromatic ring is 1. The quantitative estimate of drug-likeness (QED) is 0.501. The number of hydrogen-bond donors (Lipinski definition) is 2. The number of amides is 1. The Bertz CT molecular complexity index is 689. The summed E-state index contributed by atoms with van der Waals surface area (Å²) in [5.41, 5.74) is 12.7. The zero-order chi connectivity index (χ0) is 16.1. The van der Waals surface area contributed by atoms with Crippen molar-refractivity contribution in [1.29, 1.82) is 0 Å². The van der Waals surface area contributed by atoms with Crippen LogP contribution >= 0.6 is 11.8 Å². The smallest absolute Gasteiger partial charge is 0.337 e. The van der Waals surface area contributed by atoms with E-state index in [1.165, 1.54) is 18.9 Å². The van der Waals surface area contributed by atoms with Crippen LogP contribution in [-0.2, 0) is 9.53 Å². The van der Waals surface area contributed by atoms with Gasteiger partial charge in [-0.15, -0.1) is 11.8 Å². The van der Waals surface area contributed by atoms with E-state index in [1.807, 2.05) is 30.3 Å². The highest BCUT2D eigenvalue weighted by atomic mass is 32.2. The summed E-state index contributed by atoms with van der Waals surface area (Å²) >= 11 is 1.29. The van der Waals surface area contributed by atoms with Gasteiger partial charge in [0.1, 0.15) is 5.25 Å². The topological polar surface area (TPSA) is 95.4 Å². The minimum Gasteiger partial charge on any atom is -0.465 e. The fourth-order valence-electron chi connectivity index (χ4n) is 1.96. The molecule has 1 unspecified atom stereocenters. The van der Waals surface area contributed by atoms with Crippen molar-refractivity contribution in [3.05, 3.63) is 59.7 Å². The first-order valence-corrected chi connectivity index (χ1v) is 7.39. The lowest BCUT2D eigenvalue weighted by atomic mass is 10.1. The summed E-state index contributed by atoms with van der Waals surface area (Å²) in [5.74, 6) is -1.02. The minimum absolute atomic E-state index is 0.326. The molecule has 0 aliphatic rings. The van der Waals surface area contributed by atoms with E-state index in [9.17, 15) is 9.59 Å². The number of primary amides is 1. The lowest BCUT2D eigenvalue weighted by Gasteiger charge is -2.16. The van der Waals surface area contributed by atoms with Gasteiger partial charge in [0.15, 0.2) is 0 Å². The molecule has 0 heterocycles. The first-order valence-electron chi connectivity index (χ1n) is 6.51. The average molecular weight is 316 g/mol. The SMILES string of the molecule is COC(=O)c1ccc(N)c(C(Sc2ccccc2)C(N)=O)c1. The number of methoxy groups -OCH3 is 1. The van der Waals surface area contributed by atoms with Crippen molar-refractivity contribution >= 4 is 29.3 Å². The number of carbonyl (C=O) groups excluding carboxylic acids is 2. The summed E-state index contributed by atoms with van der Waals surface area (Å²) < 4.78 is 4.69. The van der Waals surface area contributed by atoms with E-state index in [4.69, 9.17) is 11.5 Å². The number of benzene rings is 2. The summed E-state index contributed by atoms with van der Waals surface area (Å²) in [7, 11) is 1.29. The molecule has 6 heteroatoms. The van der Waals surface area contributed by atoms with Crippen LogP contribution in [0, 0.1) is 0 Å². The van der Waals surface area contributed by atoms with E-state index in [0.29, 0.717) is 16.8 Å². The molecule has 2 aromatic carbocycles. The molecule has 1 atom stereocenters. The predicted molar refractivity (Wildman–Crippen MR) is 86.4 cm³/mol. The zero-order valence-electron chi connectivity index (χ0n) is 12.0. The molecule has 0 spiro atoms. The van der Waals surface area contributed by atoms with Crippen molar-refractivity contribution in [2.24, 2.45) is 5.73 Å². The van der Waals surface area contributed by atoms with E-state index < -0.39 is 17.1 Å². The number of rotatable bonds is 5. The third-order valence-electron chi connectivity index (χ3n) is 3.05. The highest BCUT2D eigenvalue weighted by Gasteiger charge is 2.23. The monoisotopic (exact) mass is 316 g/mol. The van der Waals surface area contributed by atoms with Crippen molar-refractivity contribution < 1.29 is 14.3 Å². The molecule has 0 bridgehead atoms. The number of ether oxygens (including phenoxy) is 1. The number of esters is 1. The normalized spacial score (nSPS) is 11.7. The second-order valence-corrected chi connectivity index (χ2v) is 5.73. The van der Waals surface area contributed by atoms with E-state index in [2.05, 4.69) is 4.74 Å². The Morgan fingerprint density at radius 1 is 1.14 bits per heavy atom. The Morgan fingerprint density at radius 3 is 2.41 bits per heavy atom. The maximum absolute atomic E-state index is 11.8. The molecule has 1 amide bonds. The van der Waals surface area contributed by atoms with Crippen molar-refractivity contribution in [3.8, 4) is 0 Å². The molecule has 2 aromatic rings. The van der Waals surface area contributed by atoms with Crippen molar-refractivity contribution in [3.63, 3.8) is 0 Å². The van der Waals surface area contributed by atoms with Gasteiger partial charge in [-0.3, -0.25) is 4.79 Å². The summed E-state index contributed by atoms with van der Waals surface area (Å²) in [6.45, 7) is 0. The first kappa shape index (κ1) is 15.9. The number of thioether (sulfide) groups is 1. The summed E-state index contributed by atoms with van der Waals surface area (Å²) in [4.78, 5) is 24.4. The summed E-state index contributed by atoms with van der Waals surface area (Å²) in [6, 6.07) is 14.0. The van der Waals surface area contributed by atoms with E-state index in [0.717, 1.165) is 4.90 Å². The number of anilines is 1. The third kappa shape index (κ3) is 3.59. The highest BCUT2D eigenvalue weighted by Crippen LogP contribution is 2.37. The number of nitrogens with two attached hydrogens (primary N) is 2. The predicted octanol–water partition coefficient (Wildman–Crippen LogP) is 2.37. The molecule has 0 saturated heterocycles. The van der Waals surface area contributed by atoms with Crippen LogP contribution in [0.15, 0.2) is 53.4 Å². The van der Waals surface area contributed by atoms with Gasteiger partial charge in [-0.25, -0.2) is 4.79 Å². The van der Waals surface area contributed by atoms with Gasteiger partial charge in [0.2, 0.25) is 5.91 Å². The van der Waals surface area contributed by atoms with Gasteiger partial charge in [0.25, 0.3) is 0 Å². The summed E-state index contributed by atoms with van der Waals surface area (Å²) in [6.07, 6.45) is 0. The minimum atomic E-state index is -0.688. The van der Waals surface area contributed by atoms with Crippen molar-refractivity contribution in [2.45, 2.75) is 10.1 Å². The Hall–Kier alpha value is -2.47. The molecule has 2 rings (SSSR count). The van der Waals surface area contributed by atoms with Crippen LogP contribution in [0.25, 0.3) is 0 Å². The molecule has 0 radical (unpaired) electrons. The fourth-order valence-corrected chi connectivity index (χ4v) is 2.99. The molecule has 0 fully saturated rings. The van der Waals surface area contributed by atoms with Crippen LogP contribution in [0.2, 0.25) is 0 Å². The maximum Gasteiger partial charge on any atom is 0.337 e. The third-order valence-corrected chi connectivity index (χ3v) is 4.31. The van der Waals surface area contributed by atoms with Gasteiger partial charge in [-0.1, -0.05) is 18.2 Å². The Kier molecular flexibility index (Phi) is 5.06. The van der Waals surface area contributed by atoms with Crippen molar-refractivity contribution in [1.82, 2.24) is 0 Å². The van der Waals surface area contributed by atoms with Gasteiger partial charge in [-0.2, -0.15) is 0 Å². The lowest BCUT2D eigenvalue weighted by molar-refractivity contribution is -0.117. The van der Waals surface area contributed by atoms with Crippen molar-refractivity contribution in [2.75, 3.05) is 12.8 Å². The van der Waals surface area contributed by atoms with Crippen LogP contribution in [0.1, 0.15) is 21.2 Å². The molecule has 0 aliphatic heterocycles. The van der Waals surface area contributed by atoms with Gasteiger partial charge in [0, 0.05) is 10.6 Å². The largest absolute Gasteiger partial charge is 0.465 e. The van der Waals surface area contributed by atoms with Gasteiger partial charge >= 0.3 is 5.97 Å². The number of hydrogen-bond acceptors (Lipinski definition) is 5. The van der Waals surface area contributed by atoms with Gasteiger partial charge in [0.05, 0.1) is 12.7 Å². The van der Waals surface area contributed by atoms with E-state index in [1.54, 1.807) is 18.2 Å². The molecule has 0 aliphatic carbocycles. The second kappa shape index (κ2) is 7.00. The van der Waals surface area contributed by atoms with Crippen LogP contribution in [0.5, 0.6) is 0 Å². The van der Waals surface area contributed by atoms with Gasteiger partial charge < -0.3 is 16.2 Å². The molecule has 22 heavy (non-hydrogen) atoms. The first-order chi connectivity index (χ1) is 10.5. The highest BCUT2D eigenvalue weighted by molar-refractivity contribution is 8.00. The van der Waals surface area contributed by atoms with Crippen LogP contribution in [0.3, 0.4) is 0 Å². The molecule has 4 N–H and O–H groups in total. The second-order valence-electron chi connectivity index (χ2n) is 4.55. The van der Waals surface area contributed by atoms with Crippen LogP contribution in [0.4, 0.5) is 5.69 Å². The molecular formula is C16H16N2O3S. The Balaban J connectivity index is 2.40. The van der Waals surface area contributed by atoms with Gasteiger partial charge in [-0.05, 0) is 35.9 Å². The molecule has 5 nitrogen and oxygen atoms in total. The fraction of sp³-hybridized carbons (Fsp3) is 0.125.